The lowest BCUT2D eigenvalue weighted by atomic mass is 9.91. The highest BCUT2D eigenvalue weighted by Gasteiger charge is 2.50. The highest BCUT2D eigenvalue weighted by atomic mass is 16.6. The van der Waals surface area contributed by atoms with Crippen LogP contribution in [0.15, 0.2) is 42.5 Å². The van der Waals surface area contributed by atoms with E-state index >= 15 is 0 Å². The van der Waals surface area contributed by atoms with Crippen molar-refractivity contribution in [3.63, 3.8) is 0 Å². The zero-order chi connectivity index (χ0) is 19.2. The summed E-state index contributed by atoms with van der Waals surface area (Å²) in [6, 6.07) is 8.89. The maximum Gasteiger partial charge on any atom is 0.338 e. The quantitative estimate of drug-likeness (QED) is 0.428. The van der Waals surface area contributed by atoms with E-state index in [4.69, 9.17) is 9.47 Å². The average Bonchev–Trinajstić information content (AvgIpc) is 3.16. The minimum Gasteiger partial charge on any atom is -0.462 e. The van der Waals surface area contributed by atoms with Gasteiger partial charge >= 0.3 is 11.9 Å². The van der Waals surface area contributed by atoms with Crippen molar-refractivity contribution in [1.29, 1.82) is 0 Å². The second-order valence-electron chi connectivity index (χ2n) is 7.47. The van der Waals surface area contributed by atoms with E-state index < -0.39 is 6.10 Å². The number of hydrogen-bond donors (Lipinski definition) is 1. The fourth-order valence-corrected chi connectivity index (χ4v) is 4.03. The SMILES string of the molecule is CCCCCC(O)C=C[C@H]1C(OC(=O)c2ccccc2)CC2OC(=O)C[C@@H]21. The molecule has 1 heterocycles. The second-order valence-corrected chi connectivity index (χ2v) is 7.47. The van der Waals surface area contributed by atoms with Crippen LogP contribution >= 0.6 is 0 Å². The van der Waals surface area contributed by atoms with E-state index in [1.807, 2.05) is 12.1 Å². The number of rotatable bonds is 8. The molecule has 3 rings (SSSR count). The minimum atomic E-state index is -0.515. The number of benzene rings is 1. The zero-order valence-electron chi connectivity index (χ0n) is 15.8. The Hall–Kier alpha value is -2.14. The Labute approximate surface area is 160 Å². The maximum absolute atomic E-state index is 12.4. The lowest BCUT2D eigenvalue weighted by molar-refractivity contribution is -0.141. The van der Waals surface area contributed by atoms with Gasteiger partial charge in [0.05, 0.1) is 18.1 Å². The zero-order valence-corrected chi connectivity index (χ0v) is 15.8. The summed E-state index contributed by atoms with van der Waals surface area (Å²) >= 11 is 0. The molecule has 3 unspecified atom stereocenters. The van der Waals surface area contributed by atoms with Gasteiger partial charge in [-0.1, -0.05) is 56.5 Å². The number of aliphatic hydroxyl groups is 1. The van der Waals surface area contributed by atoms with Crippen molar-refractivity contribution < 1.29 is 24.2 Å². The monoisotopic (exact) mass is 372 g/mol. The number of carbonyl (C=O) groups excluding carboxylic acids is 2. The fraction of sp³-hybridized carbons (Fsp3) is 0.545. The molecular weight excluding hydrogens is 344 g/mol. The first-order valence-electron chi connectivity index (χ1n) is 9.90. The van der Waals surface area contributed by atoms with Crippen LogP contribution < -0.4 is 0 Å². The summed E-state index contributed by atoms with van der Waals surface area (Å²) in [5, 5.41) is 10.2. The molecule has 0 aromatic heterocycles. The summed E-state index contributed by atoms with van der Waals surface area (Å²) in [6.45, 7) is 2.13. The van der Waals surface area contributed by atoms with Gasteiger partial charge in [-0.2, -0.15) is 0 Å². The molecule has 1 saturated carbocycles. The molecule has 2 aliphatic rings. The van der Waals surface area contributed by atoms with Crippen LogP contribution in [0.3, 0.4) is 0 Å². The van der Waals surface area contributed by atoms with E-state index in [0.29, 0.717) is 18.4 Å². The summed E-state index contributed by atoms with van der Waals surface area (Å²) in [5.41, 5.74) is 0.508. The molecule has 0 amide bonds. The predicted octanol–water partition coefficient (Wildman–Crippen LogP) is 3.66. The van der Waals surface area contributed by atoms with Gasteiger partial charge in [0.25, 0.3) is 0 Å². The normalized spacial score (nSPS) is 28.1. The molecule has 2 fully saturated rings. The van der Waals surface area contributed by atoms with E-state index in [2.05, 4.69) is 6.92 Å². The molecule has 0 radical (unpaired) electrons. The van der Waals surface area contributed by atoms with Crippen LogP contribution in [0, 0.1) is 11.8 Å². The Kier molecular flexibility index (Phi) is 6.67. The molecule has 1 N–H and O–H groups in total. The molecule has 5 heteroatoms. The van der Waals surface area contributed by atoms with Gasteiger partial charge in [-0.15, -0.1) is 0 Å². The van der Waals surface area contributed by atoms with Gasteiger partial charge in [0.2, 0.25) is 0 Å². The summed E-state index contributed by atoms with van der Waals surface area (Å²) in [7, 11) is 0. The highest BCUT2D eigenvalue weighted by molar-refractivity contribution is 5.89. The molecule has 1 aliphatic heterocycles. The first-order valence-corrected chi connectivity index (χ1v) is 9.90. The van der Waals surface area contributed by atoms with Crippen molar-refractivity contribution in [2.75, 3.05) is 0 Å². The van der Waals surface area contributed by atoms with E-state index in [-0.39, 0.29) is 36.0 Å². The number of fused-ring (bicyclic) bond motifs is 1. The van der Waals surface area contributed by atoms with Crippen LogP contribution in [-0.2, 0) is 14.3 Å². The lowest BCUT2D eigenvalue weighted by Gasteiger charge is -2.20. The number of aliphatic hydroxyl groups excluding tert-OH is 1. The van der Waals surface area contributed by atoms with Crippen LogP contribution in [-0.4, -0.2) is 35.4 Å². The predicted molar refractivity (Wildman–Crippen MR) is 101 cm³/mol. The van der Waals surface area contributed by atoms with Crippen LogP contribution in [0.4, 0.5) is 0 Å². The van der Waals surface area contributed by atoms with Crippen molar-refractivity contribution in [1.82, 2.24) is 0 Å². The van der Waals surface area contributed by atoms with Crippen LogP contribution in [0.5, 0.6) is 0 Å². The van der Waals surface area contributed by atoms with Crippen molar-refractivity contribution in [2.24, 2.45) is 11.8 Å². The molecule has 1 saturated heterocycles. The molecule has 27 heavy (non-hydrogen) atoms. The van der Waals surface area contributed by atoms with Gasteiger partial charge in [0.1, 0.15) is 12.2 Å². The molecule has 0 bridgehead atoms. The summed E-state index contributed by atoms with van der Waals surface area (Å²) in [6.07, 6.45) is 7.39. The van der Waals surface area contributed by atoms with E-state index in [0.717, 1.165) is 25.7 Å². The number of ether oxygens (including phenoxy) is 2. The largest absolute Gasteiger partial charge is 0.462 e. The topological polar surface area (TPSA) is 72.8 Å². The standard InChI is InChI=1S/C22H28O5/c1-2-3-5-10-16(23)11-12-17-18-13-21(24)26-20(18)14-19(17)27-22(25)15-8-6-4-7-9-15/h4,6-9,11-12,16-20,23H,2-3,5,10,13-14H2,1H3/t16?,17-,18-,19?,20?/m1/s1. The van der Waals surface area contributed by atoms with Crippen LogP contribution in [0.2, 0.25) is 0 Å². The van der Waals surface area contributed by atoms with E-state index in [1.54, 1.807) is 30.3 Å². The van der Waals surface area contributed by atoms with Gasteiger partial charge in [0.15, 0.2) is 0 Å². The Morgan fingerprint density at radius 2 is 2.11 bits per heavy atom. The van der Waals surface area contributed by atoms with Crippen LogP contribution in [0.1, 0.15) is 55.8 Å². The highest BCUT2D eigenvalue weighted by Crippen LogP contribution is 2.43. The first kappa shape index (κ1) is 19.6. The van der Waals surface area contributed by atoms with E-state index in [9.17, 15) is 14.7 Å². The molecule has 0 spiro atoms. The number of esters is 2. The number of hydrogen-bond acceptors (Lipinski definition) is 5. The first-order chi connectivity index (χ1) is 13.1. The van der Waals surface area contributed by atoms with Gasteiger partial charge in [-0.05, 0) is 18.6 Å². The molecule has 1 aliphatic carbocycles. The Morgan fingerprint density at radius 1 is 1.33 bits per heavy atom. The molecule has 1 aromatic rings. The smallest absolute Gasteiger partial charge is 0.338 e. The number of unbranched alkanes of at least 4 members (excludes halogenated alkanes) is 2. The Balaban J connectivity index is 1.66. The third kappa shape index (κ3) is 4.98. The van der Waals surface area contributed by atoms with E-state index in [1.165, 1.54) is 0 Å². The third-order valence-electron chi connectivity index (χ3n) is 5.48. The fourth-order valence-electron chi connectivity index (χ4n) is 4.03. The Bertz CT molecular complexity index is 669. The van der Waals surface area contributed by atoms with Gasteiger partial charge in [-0.25, -0.2) is 4.79 Å². The molecule has 5 atom stereocenters. The Morgan fingerprint density at radius 3 is 2.85 bits per heavy atom. The molecule has 1 aromatic carbocycles. The van der Waals surface area contributed by atoms with Gasteiger partial charge in [-0.3, -0.25) is 4.79 Å². The third-order valence-corrected chi connectivity index (χ3v) is 5.48. The van der Waals surface area contributed by atoms with Crippen LogP contribution in [0.25, 0.3) is 0 Å². The van der Waals surface area contributed by atoms with Crippen molar-refractivity contribution in [3.8, 4) is 0 Å². The minimum absolute atomic E-state index is 0.00478. The summed E-state index contributed by atoms with van der Waals surface area (Å²) in [5.74, 6) is -0.673. The summed E-state index contributed by atoms with van der Waals surface area (Å²) in [4.78, 5) is 24.1. The molecular formula is C22H28O5. The van der Waals surface area contributed by atoms with Crippen molar-refractivity contribution in [2.45, 2.75) is 63.8 Å². The van der Waals surface area contributed by atoms with Gasteiger partial charge in [0, 0.05) is 18.3 Å². The van der Waals surface area contributed by atoms with Crippen molar-refractivity contribution >= 4 is 11.9 Å². The van der Waals surface area contributed by atoms with Gasteiger partial charge < -0.3 is 14.6 Å². The number of carbonyl (C=O) groups is 2. The van der Waals surface area contributed by atoms with Crippen molar-refractivity contribution in [3.05, 3.63) is 48.0 Å². The average molecular weight is 372 g/mol. The molecule has 5 nitrogen and oxygen atoms in total. The second kappa shape index (κ2) is 9.18. The summed E-state index contributed by atoms with van der Waals surface area (Å²) < 4.78 is 11.1. The lowest BCUT2D eigenvalue weighted by Crippen LogP contribution is -2.25. The maximum atomic E-state index is 12.4. The molecule has 146 valence electrons.